The number of aliphatic hydroxyl groups is 1. The van der Waals surface area contributed by atoms with Crippen LogP contribution in [-0.2, 0) is 6.61 Å². The SMILES string of the molecule is Nc1cc(F)c(Oc2ccccc2CO)c(F)c1. The van der Waals surface area contributed by atoms with E-state index in [9.17, 15) is 8.78 Å². The summed E-state index contributed by atoms with van der Waals surface area (Å²) >= 11 is 0. The molecule has 0 aliphatic carbocycles. The minimum absolute atomic E-state index is 0.0206. The molecule has 0 bridgehead atoms. The molecule has 0 spiro atoms. The summed E-state index contributed by atoms with van der Waals surface area (Å²) in [6, 6.07) is 8.39. The van der Waals surface area contributed by atoms with Crippen LogP contribution >= 0.6 is 0 Å². The minimum atomic E-state index is -0.889. The first-order valence-electron chi connectivity index (χ1n) is 5.23. The number of halogens is 2. The largest absolute Gasteiger partial charge is 0.451 e. The number of rotatable bonds is 3. The molecule has 18 heavy (non-hydrogen) atoms. The molecule has 3 N–H and O–H groups in total. The lowest BCUT2D eigenvalue weighted by atomic mass is 10.2. The van der Waals surface area contributed by atoms with Crippen molar-refractivity contribution in [2.24, 2.45) is 0 Å². The first-order chi connectivity index (χ1) is 8.61. The first kappa shape index (κ1) is 12.3. The number of hydrogen-bond donors (Lipinski definition) is 2. The fourth-order valence-electron chi connectivity index (χ4n) is 1.52. The zero-order chi connectivity index (χ0) is 13.1. The van der Waals surface area contributed by atoms with E-state index in [4.69, 9.17) is 15.6 Å². The fraction of sp³-hybridized carbons (Fsp3) is 0.0769. The Morgan fingerprint density at radius 1 is 1.11 bits per heavy atom. The van der Waals surface area contributed by atoms with E-state index >= 15 is 0 Å². The Hall–Kier alpha value is -2.14. The molecule has 94 valence electrons. The van der Waals surface area contributed by atoms with E-state index in [1.807, 2.05) is 0 Å². The predicted octanol–water partition coefficient (Wildman–Crippen LogP) is 2.83. The standard InChI is InChI=1S/C13H11F2NO2/c14-10-5-9(16)6-11(15)13(10)18-12-4-2-1-3-8(12)7-17/h1-6,17H,7,16H2. The van der Waals surface area contributed by atoms with Gasteiger partial charge in [-0.3, -0.25) is 0 Å². The summed E-state index contributed by atoms with van der Waals surface area (Å²) in [4.78, 5) is 0. The van der Waals surface area contributed by atoms with E-state index in [2.05, 4.69) is 0 Å². The number of ether oxygens (including phenoxy) is 1. The van der Waals surface area contributed by atoms with Crippen LogP contribution < -0.4 is 10.5 Å². The molecule has 0 unspecified atom stereocenters. The summed E-state index contributed by atoms with van der Waals surface area (Å²) in [5.41, 5.74) is 5.72. The van der Waals surface area contributed by atoms with Crippen molar-refractivity contribution in [1.82, 2.24) is 0 Å². The second-order valence-electron chi connectivity index (χ2n) is 3.68. The lowest BCUT2D eigenvalue weighted by molar-refractivity contribution is 0.275. The summed E-state index contributed by atoms with van der Waals surface area (Å²) in [7, 11) is 0. The normalized spacial score (nSPS) is 10.4. The third-order valence-electron chi connectivity index (χ3n) is 2.38. The van der Waals surface area contributed by atoms with Crippen LogP contribution in [0, 0.1) is 11.6 Å². The van der Waals surface area contributed by atoms with Crippen molar-refractivity contribution in [3.8, 4) is 11.5 Å². The van der Waals surface area contributed by atoms with Crippen molar-refractivity contribution >= 4 is 5.69 Å². The van der Waals surface area contributed by atoms with E-state index in [0.29, 0.717) is 5.56 Å². The Morgan fingerprint density at radius 3 is 2.33 bits per heavy atom. The third-order valence-corrected chi connectivity index (χ3v) is 2.38. The second kappa shape index (κ2) is 5.01. The highest BCUT2D eigenvalue weighted by Gasteiger charge is 2.14. The van der Waals surface area contributed by atoms with Crippen molar-refractivity contribution in [1.29, 1.82) is 0 Å². The van der Waals surface area contributed by atoms with Crippen LogP contribution in [0.4, 0.5) is 14.5 Å². The molecule has 5 heteroatoms. The fourth-order valence-corrected chi connectivity index (χ4v) is 1.52. The van der Waals surface area contributed by atoms with Gasteiger partial charge in [0.2, 0.25) is 0 Å². The molecule has 0 fully saturated rings. The summed E-state index contributed by atoms with van der Waals surface area (Å²) in [6.45, 7) is -0.283. The molecule has 0 radical (unpaired) electrons. The molecule has 0 aromatic heterocycles. The van der Waals surface area contributed by atoms with Crippen molar-refractivity contribution < 1.29 is 18.6 Å². The summed E-state index contributed by atoms with van der Waals surface area (Å²) in [5, 5.41) is 9.09. The van der Waals surface area contributed by atoms with Gasteiger partial charge in [0.15, 0.2) is 17.4 Å². The van der Waals surface area contributed by atoms with Crippen molar-refractivity contribution in [2.75, 3.05) is 5.73 Å². The Kier molecular flexibility index (Phi) is 3.43. The predicted molar refractivity (Wildman–Crippen MR) is 63.2 cm³/mol. The maximum absolute atomic E-state index is 13.5. The molecule has 0 aliphatic rings. The first-order valence-corrected chi connectivity index (χ1v) is 5.23. The summed E-state index contributed by atoms with van der Waals surface area (Å²) in [6.07, 6.45) is 0. The molecule has 0 amide bonds. The van der Waals surface area contributed by atoms with Crippen LogP contribution in [0.15, 0.2) is 36.4 Å². The lowest BCUT2D eigenvalue weighted by Crippen LogP contribution is -1.98. The highest BCUT2D eigenvalue weighted by molar-refractivity contribution is 5.46. The third kappa shape index (κ3) is 2.41. The van der Waals surface area contributed by atoms with Crippen molar-refractivity contribution in [2.45, 2.75) is 6.61 Å². The van der Waals surface area contributed by atoms with Crippen LogP contribution in [0.5, 0.6) is 11.5 Å². The molecule has 2 rings (SSSR count). The Labute approximate surface area is 102 Å². The molecule has 0 saturated carbocycles. The molecular formula is C13H11F2NO2. The number of benzene rings is 2. The summed E-state index contributed by atoms with van der Waals surface area (Å²) in [5.74, 6) is -2.12. The molecule has 0 aliphatic heterocycles. The number of hydrogen-bond acceptors (Lipinski definition) is 3. The second-order valence-corrected chi connectivity index (χ2v) is 3.68. The molecule has 2 aromatic rings. The molecule has 0 atom stereocenters. The Bertz CT molecular complexity index is 550. The number of nitrogen functional groups attached to an aromatic ring is 1. The van der Waals surface area contributed by atoms with E-state index < -0.39 is 17.4 Å². The van der Waals surface area contributed by atoms with Gasteiger partial charge in [0.05, 0.1) is 6.61 Å². The van der Waals surface area contributed by atoms with Gasteiger partial charge in [-0.25, -0.2) is 8.78 Å². The molecular weight excluding hydrogens is 240 g/mol. The zero-order valence-corrected chi connectivity index (χ0v) is 9.36. The zero-order valence-electron chi connectivity index (χ0n) is 9.36. The van der Waals surface area contributed by atoms with Gasteiger partial charge in [-0.05, 0) is 6.07 Å². The molecule has 2 aromatic carbocycles. The van der Waals surface area contributed by atoms with Crippen molar-refractivity contribution in [3.63, 3.8) is 0 Å². The van der Waals surface area contributed by atoms with E-state index in [1.165, 1.54) is 6.07 Å². The monoisotopic (exact) mass is 251 g/mol. The van der Waals surface area contributed by atoms with Gasteiger partial charge in [0.1, 0.15) is 5.75 Å². The van der Waals surface area contributed by atoms with Gasteiger partial charge in [-0.2, -0.15) is 0 Å². The Morgan fingerprint density at radius 2 is 1.72 bits per heavy atom. The van der Waals surface area contributed by atoms with E-state index in [-0.39, 0.29) is 18.0 Å². The van der Waals surface area contributed by atoms with E-state index in [0.717, 1.165) is 12.1 Å². The van der Waals surface area contributed by atoms with Gasteiger partial charge in [-0.15, -0.1) is 0 Å². The van der Waals surface area contributed by atoms with Crippen LogP contribution in [0.25, 0.3) is 0 Å². The van der Waals surface area contributed by atoms with Crippen LogP contribution in [0.3, 0.4) is 0 Å². The maximum atomic E-state index is 13.5. The Balaban J connectivity index is 2.40. The van der Waals surface area contributed by atoms with E-state index in [1.54, 1.807) is 18.2 Å². The minimum Gasteiger partial charge on any atom is -0.451 e. The average Bonchev–Trinajstić information content (AvgIpc) is 2.34. The number of nitrogens with two attached hydrogens (primary N) is 1. The summed E-state index contributed by atoms with van der Waals surface area (Å²) < 4.78 is 32.2. The molecule has 0 saturated heterocycles. The van der Waals surface area contributed by atoms with Crippen LogP contribution in [-0.4, -0.2) is 5.11 Å². The lowest BCUT2D eigenvalue weighted by Gasteiger charge is -2.11. The van der Waals surface area contributed by atoms with Gasteiger partial charge < -0.3 is 15.6 Å². The quantitative estimate of drug-likeness (QED) is 0.825. The van der Waals surface area contributed by atoms with Gasteiger partial charge in [-0.1, -0.05) is 18.2 Å². The molecule has 3 nitrogen and oxygen atoms in total. The maximum Gasteiger partial charge on any atom is 0.198 e. The average molecular weight is 251 g/mol. The van der Waals surface area contributed by atoms with Crippen molar-refractivity contribution in [3.05, 3.63) is 53.6 Å². The topological polar surface area (TPSA) is 55.5 Å². The van der Waals surface area contributed by atoms with Crippen LogP contribution in [0.2, 0.25) is 0 Å². The van der Waals surface area contributed by atoms with Gasteiger partial charge >= 0.3 is 0 Å². The number of aliphatic hydroxyl groups excluding tert-OH is 1. The smallest absolute Gasteiger partial charge is 0.198 e. The number of para-hydroxylation sites is 1. The van der Waals surface area contributed by atoms with Crippen LogP contribution in [0.1, 0.15) is 5.56 Å². The highest BCUT2D eigenvalue weighted by atomic mass is 19.1. The highest BCUT2D eigenvalue weighted by Crippen LogP contribution is 2.31. The molecule has 0 heterocycles. The van der Waals surface area contributed by atoms with Gasteiger partial charge in [0, 0.05) is 23.4 Å². The number of anilines is 1. The van der Waals surface area contributed by atoms with Gasteiger partial charge in [0.25, 0.3) is 0 Å².